The Hall–Kier alpha value is -3.33. The number of anilines is 2. The number of hydrogen-bond donors (Lipinski definition) is 1. The van der Waals surface area contributed by atoms with Crippen molar-refractivity contribution < 1.29 is 4.79 Å². The van der Waals surface area contributed by atoms with Gasteiger partial charge in [-0.1, -0.05) is 29.5 Å². The maximum Gasteiger partial charge on any atom is 0.241 e. The van der Waals surface area contributed by atoms with E-state index in [-0.39, 0.29) is 5.91 Å². The van der Waals surface area contributed by atoms with Crippen LogP contribution in [-0.2, 0) is 11.2 Å². The van der Waals surface area contributed by atoms with E-state index < -0.39 is 0 Å². The van der Waals surface area contributed by atoms with Gasteiger partial charge in [-0.2, -0.15) is 0 Å². The molecule has 146 valence electrons. The van der Waals surface area contributed by atoms with Gasteiger partial charge >= 0.3 is 0 Å². The van der Waals surface area contributed by atoms with Gasteiger partial charge in [-0.05, 0) is 23.6 Å². The topological polar surface area (TPSA) is 101 Å². The molecule has 0 bridgehead atoms. The third-order valence-corrected chi connectivity index (χ3v) is 6.09. The normalized spacial score (nSPS) is 16.2. The fraction of sp³-hybridized carbons (Fsp3) is 0.250. The predicted molar refractivity (Wildman–Crippen MR) is 112 cm³/mol. The van der Waals surface area contributed by atoms with Crippen molar-refractivity contribution in [3.63, 3.8) is 0 Å². The number of fused-ring (bicyclic) bond motifs is 1. The fourth-order valence-corrected chi connectivity index (χ4v) is 4.25. The highest BCUT2D eigenvalue weighted by Crippen LogP contribution is 2.36. The molecule has 1 fully saturated rings. The largest absolute Gasteiger partial charge is 0.374 e. The summed E-state index contributed by atoms with van der Waals surface area (Å²) in [5, 5.41) is 9.32. The highest BCUT2D eigenvalue weighted by molar-refractivity contribution is 7.18. The Bertz CT molecular complexity index is 1140. The number of nitrogens with zero attached hydrogens (tertiary/aromatic N) is 6. The summed E-state index contributed by atoms with van der Waals surface area (Å²) in [7, 11) is 1.82. The van der Waals surface area contributed by atoms with Gasteiger partial charge < -0.3 is 15.5 Å². The van der Waals surface area contributed by atoms with Crippen molar-refractivity contribution in [3.8, 4) is 10.6 Å². The lowest BCUT2D eigenvalue weighted by Crippen LogP contribution is -2.48. The molecule has 9 heteroatoms. The Balaban J connectivity index is 1.47. The van der Waals surface area contributed by atoms with Crippen LogP contribution in [0.3, 0.4) is 0 Å². The summed E-state index contributed by atoms with van der Waals surface area (Å²) in [5.74, 6) is 0.821. The van der Waals surface area contributed by atoms with Gasteiger partial charge in [-0.3, -0.25) is 9.78 Å². The molecule has 2 N–H and O–H groups in total. The Morgan fingerprint density at radius 2 is 2.07 bits per heavy atom. The summed E-state index contributed by atoms with van der Waals surface area (Å²) in [5.41, 5.74) is 10.9. The molecular formula is C20H19N7OS. The van der Waals surface area contributed by atoms with Crippen molar-refractivity contribution in [2.45, 2.75) is 6.42 Å². The molecule has 3 heterocycles. The molecule has 1 aromatic carbocycles. The number of hydrogen-bond acceptors (Lipinski definition) is 8. The second-order valence-corrected chi connectivity index (χ2v) is 8.15. The molecule has 1 amide bonds. The molecule has 29 heavy (non-hydrogen) atoms. The lowest BCUT2D eigenvalue weighted by atomic mass is 10.0. The molecule has 1 aliphatic carbocycles. The zero-order valence-electron chi connectivity index (χ0n) is 15.9. The van der Waals surface area contributed by atoms with E-state index in [9.17, 15) is 4.79 Å². The molecular weight excluding hydrogens is 386 g/mol. The van der Waals surface area contributed by atoms with E-state index in [0.29, 0.717) is 18.2 Å². The van der Waals surface area contributed by atoms with E-state index in [1.165, 1.54) is 16.9 Å². The summed E-state index contributed by atoms with van der Waals surface area (Å²) in [4.78, 5) is 25.0. The van der Waals surface area contributed by atoms with Crippen LogP contribution in [0.5, 0.6) is 0 Å². The number of nitrogen functional groups attached to an aromatic ring is 1. The van der Waals surface area contributed by atoms with E-state index in [1.807, 2.05) is 18.0 Å². The van der Waals surface area contributed by atoms with Crippen molar-refractivity contribution in [2.24, 2.45) is 0 Å². The van der Waals surface area contributed by atoms with Crippen LogP contribution in [0.15, 0.2) is 36.7 Å². The summed E-state index contributed by atoms with van der Waals surface area (Å²) in [6, 6.07) is 6.28. The van der Waals surface area contributed by atoms with Gasteiger partial charge in [0.05, 0.1) is 24.6 Å². The number of aromatic nitrogens is 4. The minimum atomic E-state index is 0.0925. The van der Waals surface area contributed by atoms with Crippen LogP contribution in [0, 0.1) is 0 Å². The molecule has 0 radical (unpaired) electrons. The van der Waals surface area contributed by atoms with Crippen LogP contribution in [0.1, 0.15) is 16.8 Å². The fourth-order valence-electron chi connectivity index (χ4n) is 3.65. The van der Waals surface area contributed by atoms with Crippen LogP contribution in [0.4, 0.5) is 10.9 Å². The molecule has 2 aromatic heterocycles. The van der Waals surface area contributed by atoms with Crippen molar-refractivity contribution in [1.82, 2.24) is 25.1 Å². The van der Waals surface area contributed by atoms with Gasteiger partial charge in [0.1, 0.15) is 10.8 Å². The molecule has 1 saturated heterocycles. The third kappa shape index (κ3) is 3.23. The van der Waals surface area contributed by atoms with E-state index in [0.717, 1.165) is 46.2 Å². The van der Waals surface area contributed by atoms with E-state index in [2.05, 4.69) is 33.4 Å². The molecule has 0 saturated carbocycles. The first kappa shape index (κ1) is 17.7. The molecule has 3 aromatic rings. The number of nitrogens with two attached hydrogens (primary N) is 1. The minimum absolute atomic E-state index is 0.0925. The summed E-state index contributed by atoms with van der Waals surface area (Å²) in [6.07, 6.45) is 6.52. The van der Waals surface area contributed by atoms with Crippen LogP contribution < -0.4 is 10.6 Å². The molecule has 0 atom stereocenters. The highest BCUT2D eigenvalue weighted by Gasteiger charge is 2.24. The molecule has 2 aliphatic rings. The van der Waals surface area contributed by atoms with Crippen LogP contribution in [0.25, 0.3) is 16.1 Å². The summed E-state index contributed by atoms with van der Waals surface area (Å²) in [6.45, 7) is 1.76. The second-order valence-electron chi connectivity index (χ2n) is 7.14. The van der Waals surface area contributed by atoms with E-state index in [4.69, 9.17) is 10.7 Å². The minimum Gasteiger partial charge on any atom is -0.374 e. The van der Waals surface area contributed by atoms with Gasteiger partial charge in [-0.15, -0.1) is 10.2 Å². The van der Waals surface area contributed by atoms with Gasteiger partial charge in [0.15, 0.2) is 0 Å². The quantitative estimate of drug-likeness (QED) is 0.709. The van der Waals surface area contributed by atoms with Crippen molar-refractivity contribution >= 4 is 33.8 Å². The van der Waals surface area contributed by atoms with Gasteiger partial charge in [0, 0.05) is 31.3 Å². The predicted octanol–water partition coefficient (Wildman–Crippen LogP) is 1.84. The molecule has 0 spiro atoms. The van der Waals surface area contributed by atoms with Crippen molar-refractivity contribution in [1.29, 1.82) is 0 Å². The second kappa shape index (κ2) is 6.93. The molecule has 8 nitrogen and oxygen atoms in total. The Morgan fingerprint density at radius 1 is 1.17 bits per heavy atom. The molecule has 0 unspecified atom stereocenters. The third-order valence-electron chi connectivity index (χ3n) is 5.29. The monoisotopic (exact) mass is 405 g/mol. The maximum absolute atomic E-state index is 12.1. The number of benzene rings is 1. The highest BCUT2D eigenvalue weighted by atomic mass is 32.1. The SMILES string of the molecule is CN1CCN(c2cncc(C3=CCc4ccc(-c5nnc(N)s5)cc43)n2)CC1=O. The van der Waals surface area contributed by atoms with Gasteiger partial charge in [0.2, 0.25) is 11.0 Å². The van der Waals surface area contributed by atoms with E-state index in [1.54, 1.807) is 17.3 Å². The number of carbonyl (C=O) groups is 1. The first-order valence-electron chi connectivity index (χ1n) is 9.32. The summed E-state index contributed by atoms with van der Waals surface area (Å²) >= 11 is 1.37. The Kier molecular flexibility index (Phi) is 4.24. The number of piperazine rings is 1. The smallest absolute Gasteiger partial charge is 0.241 e. The molecule has 5 rings (SSSR count). The zero-order chi connectivity index (χ0) is 20.0. The Labute approximate surface area is 171 Å². The lowest BCUT2D eigenvalue weighted by Gasteiger charge is -2.32. The lowest BCUT2D eigenvalue weighted by molar-refractivity contribution is -0.129. The number of amides is 1. The number of likely N-dealkylation sites (N-methyl/N-ethyl adjacent to an activating group) is 1. The van der Waals surface area contributed by atoms with Crippen molar-refractivity contribution in [2.75, 3.05) is 37.3 Å². The standard InChI is InChI=1S/C20H19N7OS/c1-26-6-7-27(11-18(26)28)17-10-22-9-16(23-17)14-5-4-12-2-3-13(8-15(12)14)19-24-25-20(21)29-19/h2-3,5,8-10H,4,6-7,11H2,1H3,(H2,21,25). The van der Waals surface area contributed by atoms with E-state index >= 15 is 0 Å². The average molecular weight is 405 g/mol. The van der Waals surface area contributed by atoms with Crippen LogP contribution in [-0.4, -0.2) is 57.7 Å². The molecule has 1 aliphatic heterocycles. The maximum atomic E-state index is 12.1. The number of carbonyl (C=O) groups excluding carboxylic acids is 1. The number of allylic oxidation sites excluding steroid dienone is 1. The van der Waals surface area contributed by atoms with Gasteiger partial charge in [0.25, 0.3) is 0 Å². The Morgan fingerprint density at radius 3 is 2.86 bits per heavy atom. The average Bonchev–Trinajstić information content (AvgIpc) is 3.36. The van der Waals surface area contributed by atoms with Gasteiger partial charge in [-0.25, -0.2) is 4.98 Å². The number of rotatable bonds is 3. The van der Waals surface area contributed by atoms with Crippen molar-refractivity contribution in [3.05, 3.63) is 53.5 Å². The first-order valence-corrected chi connectivity index (χ1v) is 10.1. The van der Waals surface area contributed by atoms with Crippen LogP contribution in [0.2, 0.25) is 0 Å². The first-order chi connectivity index (χ1) is 14.1. The van der Waals surface area contributed by atoms with Crippen LogP contribution >= 0.6 is 11.3 Å². The summed E-state index contributed by atoms with van der Waals surface area (Å²) < 4.78 is 0. The zero-order valence-corrected chi connectivity index (χ0v) is 16.7.